The highest BCUT2D eigenvalue weighted by Crippen LogP contribution is 2.41. The minimum atomic E-state index is -2.59. The third-order valence-electron chi connectivity index (χ3n) is 0.932. The molecule has 0 aromatic heterocycles. The number of hydrogen-bond donors (Lipinski definition) is 0. The Hall–Kier alpha value is -0.650. The average molecular weight is 159 g/mol. The van der Waals surface area contributed by atoms with Gasteiger partial charge in [-0.05, 0) is 6.92 Å². The molecule has 0 amide bonds. The summed E-state index contributed by atoms with van der Waals surface area (Å²) in [5.41, 5.74) is 0. The lowest BCUT2D eigenvalue weighted by molar-refractivity contribution is 0.562. The van der Waals surface area contributed by atoms with Crippen molar-refractivity contribution in [2.24, 2.45) is 4.76 Å². The second-order valence-electron chi connectivity index (χ2n) is 1.99. The zero-order chi connectivity index (χ0) is 8.04. The van der Waals surface area contributed by atoms with Crippen molar-refractivity contribution >= 4 is 13.4 Å². The molecule has 0 rings (SSSR count). The lowest BCUT2D eigenvalue weighted by Crippen LogP contribution is -1.78. The van der Waals surface area contributed by atoms with Crippen molar-refractivity contribution in [1.82, 2.24) is 0 Å². The fourth-order valence-electron chi connectivity index (χ4n) is 0.428. The van der Waals surface area contributed by atoms with Gasteiger partial charge in [-0.3, -0.25) is 4.57 Å². The van der Waals surface area contributed by atoms with Gasteiger partial charge in [-0.15, -0.1) is 4.76 Å². The fourth-order valence-corrected chi connectivity index (χ4v) is 1.28. The number of allylic oxidation sites excluding steroid dienone is 2. The van der Waals surface area contributed by atoms with Gasteiger partial charge in [0.15, 0.2) is 0 Å². The van der Waals surface area contributed by atoms with E-state index in [0.717, 1.165) is 0 Å². The van der Waals surface area contributed by atoms with Crippen molar-refractivity contribution in [3.8, 4) is 0 Å². The maximum atomic E-state index is 11.1. The van der Waals surface area contributed by atoms with Crippen LogP contribution in [0.15, 0.2) is 16.9 Å². The molecule has 0 aliphatic rings. The Morgan fingerprint density at radius 2 is 2.30 bits per heavy atom. The second kappa shape index (κ2) is 4.21. The van der Waals surface area contributed by atoms with Crippen LogP contribution in [0.5, 0.6) is 0 Å². The van der Waals surface area contributed by atoms with Crippen LogP contribution in [0.4, 0.5) is 0 Å². The van der Waals surface area contributed by atoms with E-state index >= 15 is 0 Å². The standard InChI is InChI=1S/C6H10NO2P/c1-3-4-5-10(2,9)7-6-8/h3-4H,5H2,1-2H3/b4-3+. The van der Waals surface area contributed by atoms with E-state index in [9.17, 15) is 9.36 Å². The highest BCUT2D eigenvalue weighted by molar-refractivity contribution is 7.62. The van der Waals surface area contributed by atoms with Gasteiger partial charge in [0.05, 0.1) is 0 Å². The van der Waals surface area contributed by atoms with Gasteiger partial charge in [0.25, 0.3) is 0 Å². The summed E-state index contributed by atoms with van der Waals surface area (Å²) in [6, 6.07) is 0. The van der Waals surface area contributed by atoms with Gasteiger partial charge in [-0.1, -0.05) is 12.2 Å². The van der Waals surface area contributed by atoms with Crippen molar-refractivity contribution < 1.29 is 9.36 Å². The normalized spacial score (nSPS) is 16.2. The van der Waals surface area contributed by atoms with Gasteiger partial charge in [-0.2, -0.15) is 0 Å². The van der Waals surface area contributed by atoms with Gasteiger partial charge in [0, 0.05) is 12.8 Å². The van der Waals surface area contributed by atoms with Gasteiger partial charge in [0.2, 0.25) is 13.4 Å². The summed E-state index contributed by atoms with van der Waals surface area (Å²) in [7, 11) is -2.59. The highest BCUT2D eigenvalue weighted by Gasteiger charge is 2.08. The van der Waals surface area contributed by atoms with Crippen molar-refractivity contribution in [3.05, 3.63) is 12.2 Å². The first-order valence-electron chi connectivity index (χ1n) is 2.89. The first-order chi connectivity index (χ1) is 4.62. The monoisotopic (exact) mass is 159 g/mol. The number of nitrogens with zero attached hydrogens (tertiary/aromatic N) is 1. The van der Waals surface area contributed by atoms with Crippen LogP contribution in [-0.4, -0.2) is 18.9 Å². The number of isocyanates is 1. The van der Waals surface area contributed by atoms with Crippen LogP contribution in [-0.2, 0) is 9.36 Å². The van der Waals surface area contributed by atoms with E-state index in [0.29, 0.717) is 6.16 Å². The molecule has 0 bridgehead atoms. The molecule has 0 fully saturated rings. The average Bonchev–Trinajstić information content (AvgIpc) is 1.84. The summed E-state index contributed by atoms with van der Waals surface area (Å²) in [5, 5.41) is 0. The zero-order valence-electron chi connectivity index (χ0n) is 6.07. The number of rotatable bonds is 3. The molecule has 0 aromatic rings. The van der Waals surface area contributed by atoms with Crippen molar-refractivity contribution in [1.29, 1.82) is 0 Å². The smallest absolute Gasteiger partial charge is 0.241 e. The minimum Gasteiger partial charge on any atom is -0.298 e. The Morgan fingerprint density at radius 3 is 2.70 bits per heavy atom. The topological polar surface area (TPSA) is 46.5 Å². The lowest BCUT2D eigenvalue weighted by Gasteiger charge is -1.97. The number of hydrogen-bond acceptors (Lipinski definition) is 2. The molecule has 4 heteroatoms. The highest BCUT2D eigenvalue weighted by atomic mass is 31.2. The molecule has 0 N–H and O–H groups in total. The third kappa shape index (κ3) is 4.25. The minimum absolute atomic E-state index is 0.346. The maximum Gasteiger partial charge on any atom is 0.241 e. The van der Waals surface area contributed by atoms with Crippen LogP contribution in [0.3, 0.4) is 0 Å². The largest absolute Gasteiger partial charge is 0.298 e. The molecule has 0 saturated heterocycles. The van der Waals surface area contributed by atoms with Crippen molar-refractivity contribution in [2.75, 3.05) is 12.8 Å². The summed E-state index contributed by atoms with van der Waals surface area (Å²) < 4.78 is 14.3. The van der Waals surface area contributed by atoms with Crippen LogP contribution < -0.4 is 0 Å². The molecule has 1 atom stereocenters. The summed E-state index contributed by atoms with van der Waals surface area (Å²) in [4.78, 5) is 9.70. The Kier molecular flexibility index (Phi) is 3.94. The predicted octanol–water partition coefficient (Wildman–Crippen LogP) is 1.81. The molecule has 0 saturated carbocycles. The molecule has 1 unspecified atom stereocenters. The van der Waals surface area contributed by atoms with Crippen LogP contribution in [0, 0.1) is 0 Å². The molecule has 0 radical (unpaired) electrons. The summed E-state index contributed by atoms with van der Waals surface area (Å²) >= 11 is 0. The van der Waals surface area contributed by atoms with Gasteiger partial charge < -0.3 is 0 Å². The Morgan fingerprint density at radius 1 is 1.70 bits per heavy atom. The lowest BCUT2D eigenvalue weighted by atomic mass is 10.6. The predicted molar refractivity (Wildman–Crippen MR) is 41.3 cm³/mol. The summed E-state index contributed by atoms with van der Waals surface area (Å²) in [6.07, 6.45) is 5.14. The van der Waals surface area contributed by atoms with E-state index in [-0.39, 0.29) is 0 Å². The summed E-state index contributed by atoms with van der Waals surface area (Å²) in [6.45, 7) is 3.28. The van der Waals surface area contributed by atoms with E-state index in [1.165, 1.54) is 12.7 Å². The van der Waals surface area contributed by atoms with Gasteiger partial charge >= 0.3 is 0 Å². The number of carbonyl (C=O) groups excluding carboxylic acids is 1. The van der Waals surface area contributed by atoms with E-state index in [1.54, 1.807) is 12.2 Å². The van der Waals surface area contributed by atoms with E-state index in [4.69, 9.17) is 0 Å². The Labute approximate surface area is 60.3 Å². The molecule has 0 spiro atoms. The Bertz CT molecular complexity index is 216. The molecule has 0 aliphatic heterocycles. The quantitative estimate of drug-likeness (QED) is 0.273. The molecule has 10 heavy (non-hydrogen) atoms. The second-order valence-corrected chi connectivity index (χ2v) is 4.66. The molecule has 56 valence electrons. The van der Waals surface area contributed by atoms with Gasteiger partial charge in [-0.25, -0.2) is 4.79 Å². The van der Waals surface area contributed by atoms with Gasteiger partial charge in [0.1, 0.15) is 0 Å². The fraction of sp³-hybridized carbons (Fsp3) is 0.500. The van der Waals surface area contributed by atoms with Crippen LogP contribution in [0.1, 0.15) is 6.92 Å². The maximum absolute atomic E-state index is 11.1. The molecule has 3 nitrogen and oxygen atoms in total. The van der Waals surface area contributed by atoms with Crippen molar-refractivity contribution in [2.45, 2.75) is 6.92 Å². The van der Waals surface area contributed by atoms with Crippen molar-refractivity contribution in [3.63, 3.8) is 0 Å². The van der Waals surface area contributed by atoms with E-state index in [1.807, 2.05) is 6.92 Å². The van der Waals surface area contributed by atoms with E-state index in [2.05, 4.69) is 4.76 Å². The first kappa shape index (κ1) is 9.35. The molecule has 0 aromatic carbocycles. The van der Waals surface area contributed by atoms with Crippen LogP contribution in [0.2, 0.25) is 0 Å². The third-order valence-corrected chi connectivity index (χ3v) is 2.33. The Balaban J connectivity index is 4.13. The SMILES string of the molecule is C/C=C/CP(C)(=O)N=C=O. The van der Waals surface area contributed by atoms with Crippen LogP contribution >= 0.6 is 7.29 Å². The van der Waals surface area contributed by atoms with E-state index < -0.39 is 7.29 Å². The molecular weight excluding hydrogens is 149 g/mol. The first-order valence-corrected chi connectivity index (χ1v) is 5.18. The van der Waals surface area contributed by atoms with Crippen LogP contribution in [0.25, 0.3) is 0 Å². The molecule has 0 aliphatic carbocycles. The zero-order valence-corrected chi connectivity index (χ0v) is 6.97. The molecule has 0 heterocycles. The summed E-state index contributed by atoms with van der Waals surface area (Å²) in [5.74, 6) is 0. The molecular formula is C6H10NO2P.